The van der Waals surface area contributed by atoms with Crippen LogP contribution in [0.3, 0.4) is 0 Å². The van der Waals surface area contributed by atoms with Gasteiger partial charge >= 0.3 is 0 Å². The molecule has 1 amide bonds. The Hall–Kier alpha value is -3.34. The van der Waals surface area contributed by atoms with E-state index in [-0.39, 0.29) is 5.91 Å². The Bertz CT molecular complexity index is 993. The molecule has 3 aromatic rings. The Morgan fingerprint density at radius 1 is 1.00 bits per heavy atom. The third-order valence-electron chi connectivity index (χ3n) is 5.05. The highest BCUT2D eigenvalue weighted by Gasteiger charge is 2.20. The van der Waals surface area contributed by atoms with Crippen LogP contribution in [0.2, 0.25) is 0 Å². The number of nitrogens with zero attached hydrogens (tertiary/aromatic N) is 3. The summed E-state index contributed by atoms with van der Waals surface area (Å²) in [5.41, 5.74) is 1.01. The molecule has 1 saturated heterocycles. The highest BCUT2D eigenvalue weighted by atomic mass is 16.5. The van der Waals surface area contributed by atoms with Crippen molar-refractivity contribution in [1.29, 1.82) is 0 Å². The predicted octanol–water partition coefficient (Wildman–Crippen LogP) is 3.61. The minimum atomic E-state index is 0.0514. The van der Waals surface area contributed by atoms with Crippen LogP contribution in [0.4, 0.5) is 5.82 Å². The lowest BCUT2D eigenvalue weighted by Crippen LogP contribution is -2.48. The maximum atomic E-state index is 12.6. The van der Waals surface area contributed by atoms with E-state index >= 15 is 0 Å². The highest BCUT2D eigenvalue weighted by Crippen LogP contribution is 2.22. The zero-order chi connectivity index (χ0) is 19.3. The molecule has 4 rings (SSSR count). The van der Waals surface area contributed by atoms with Gasteiger partial charge in [0.05, 0.1) is 7.11 Å². The van der Waals surface area contributed by atoms with Gasteiger partial charge in [-0.25, -0.2) is 4.98 Å². The maximum absolute atomic E-state index is 12.6. The number of carbonyl (C=O) groups is 1. The summed E-state index contributed by atoms with van der Waals surface area (Å²) in [5, 5.41) is 2.24. The van der Waals surface area contributed by atoms with Crippen molar-refractivity contribution in [2.75, 3.05) is 38.2 Å². The molecule has 0 N–H and O–H groups in total. The minimum Gasteiger partial charge on any atom is -0.497 e. The number of fused-ring (bicyclic) bond motifs is 1. The summed E-state index contributed by atoms with van der Waals surface area (Å²) >= 11 is 0. The molecule has 1 fully saturated rings. The standard InChI is InChI=1S/C23H23N3O2/c1-28-21-9-8-19-16-18(5-7-20(19)17-21)6-10-23(27)26-14-12-25(13-15-26)22-4-2-3-11-24-22/h2-11,16-17H,12-15H2,1H3/b10-6+. The molecular formula is C23H23N3O2. The molecule has 1 aliphatic rings. The number of carbonyl (C=O) groups excluding carboxylic acids is 1. The number of benzene rings is 2. The average Bonchev–Trinajstić information content (AvgIpc) is 2.77. The van der Waals surface area contributed by atoms with Crippen LogP contribution in [0.25, 0.3) is 16.8 Å². The molecule has 2 heterocycles. The van der Waals surface area contributed by atoms with Crippen molar-refractivity contribution < 1.29 is 9.53 Å². The monoisotopic (exact) mass is 373 g/mol. The molecule has 0 spiro atoms. The molecule has 0 bridgehead atoms. The van der Waals surface area contributed by atoms with Crippen molar-refractivity contribution in [3.8, 4) is 5.75 Å². The second kappa shape index (κ2) is 8.13. The fraction of sp³-hybridized carbons (Fsp3) is 0.217. The number of pyridine rings is 1. The molecule has 28 heavy (non-hydrogen) atoms. The van der Waals surface area contributed by atoms with Crippen molar-refractivity contribution in [2.45, 2.75) is 0 Å². The number of amides is 1. The van der Waals surface area contributed by atoms with Gasteiger partial charge in [0.2, 0.25) is 5.91 Å². The Balaban J connectivity index is 1.38. The summed E-state index contributed by atoms with van der Waals surface area (Å²) in [7, 11) is 1.67. The van der Waals surface area contributed by atoms with Crippen molar-refractivity contribution in [2.24, 2.45) is 0 Å². The molecule has 2 aromatic carbocycles. The summed E-state index contributed by atoms with van der Waals surface area (Å²) in [4.78, 5) is 21.0. The molecule has 5 heteroatoms. The molecule has 1 aliphatic heterocycles. The largest absolute Gasteiger partial charge is 0.497 e. The van der Waals surface area contributed by atoms with E-state index in [9.17, 15) is 4.79 Å². The number of hydrogen-bond donors (Lipinski definition) is 0. The average molecular weight is 373 g/mol. The van der Waals surface area contributed by atoms with E-state index in [1.807, 2.05) is 59.5 Å². The molecule has 5 nitrogen and oxygen atoms in total. The number of hydrogen-bond acceptors (Lipinski definition) is 4. The van der Waals surface area contributed by atoms with E-state index in [1.54, 1.807) is 19.4 Å². The summed E-state index contributed by atoms with van der Waals surface area (Å²) in [6.45, 7) is 3.01. The Morgan fingerprint density at radius 2 is 1.79 bits per heavy atom. The van der Waals surface area contributed by atoms with Gasteiger partial charge in [0, 0.05) is 38.5 Å². The SMILES string of the molecule is COc1ccc2cc(/C=C/C(=O)N3CCN(c4ccccn4)CC3)ccc2c1. The number of aromatic nitrogens is 1. The third-order valence-corrected chi connectivity index (χ3v) is 5.05. The first-order valence-corrected chi connectivity index (χ1v) is 9.44. The van der Waals surface area contributed by atoms with Crippen LogP contribution in [0.15, 0.2) is 66.9 Å². The van der Waals surface area contributed by atoms with Gasteiger partial charge in [0.15, 0.2) is 0 Å². The van der Waals surface area contributed by atoms with Gasteiger partial charge < -0.3 is 14.5 Å². The van der Waals surface area contributed by atoms with E-state index in [1.165, 1.54) is 0 Å². The second-order valence-corrected chi connectivity index (χ2v) is 6.81. The number of rotatable bonds is 4. The molecule has 0 saturated carbocycles. The fourth-order valence-electron chi connectivity index (χ4n) is 3.44. The summed E-state index contributed by atoms with van der Waals surface area (Å²) in [6, 6.07) is 18.0. The van der Waals surface area contributed by atoms with Gasteiger partial charge in [-0.1, -0.05) is 24.3 Å². The zero-order valence-electron chi connectivity index (χ0n) is 15.9. The van der Waals surface area contributed by atoms with Crippen molar-refractivity contribution >= 4 is 28.6 Å². The smallest absolute Gasteiger partial charge is 0.246 e. The van der Waals surface area contributed by atoms with Gasteiger partial charge in [-0.05, 0) is 52.7 Å². The number of piperazine rings is 1. The molecule has 0 atom stereocenters. The number of methoxy groups -OCH3 is 1. The maximum Gasteiger partial charge on any atom is 0.246 e. The second-order valence-electron chi connectivity index (χ2n) is 6.81. The quantitative estimate of drug-likeness (QED) is 0.656. The fourth-order valence-corrected chi connectivity index (χ4v) is 3.44. The van der Waals surface area contributed by atoms with Gasteiger partial charge in [-0.3, -0.25) is 4.79 Å². The van der Waals surface area contributed by atoms with E-state index in [2.05, 4.69) is 16.0 Å². The van der Waals surface area contributed by atoms with E-state index in [4.69, 9.17) is 4.74 Å². The van der Waals surface area contributed by atoms with Crippen LogP contribution < -0.4 is 9.64 Å². The van der Waals surface area contributed by atoms with E-state index in [0.717, 1.165) is 41.0 Å². The van der Waals surface area contributed by atoms with Gasteiger partial charge in [-0.2, -0.15) is 0 Å². The van der Waals surface area contributed by atoms with Crippen LogP contribution in [-0.2, 0) is 4.79 Å². The Kier molecular flexibility index (Phi) is 5.24. The molecule has 1 aromatic heterocycles. The normalized spacial score (nSPS) is 14.6. The van der Waals surface area contributed by atoms with E-state index < -0.39 is 0 Å². The first-order valence-electron chi connectivity index (χ1n) is 9.44. The summed E-state index contributed by atoms with van der Waals surface area (Å²) in [5.74, 6) is 1.87. The van der Waals surface area contributed by atoms with Crippen LogP contribution in [-0.4, -0.2) is 49.1 Å². The lowest BCUT2D eigenvalue weighted by Gasteiger charge is -2.34. The first kappa shape index (κ1) is 18.0. The number of ether oxygens (including phenoxy) is 1. The van der Waals surface area contributed by atoms with Crippen molar-refractivity contribution in [3.63, 3.8) is 0 Å². The zero-order valence-corrected chi connectivity index (χ0v) is 15.9. The topological polar surface area (TPSA) is 45.7 Å². The van der Waals surface area contributed by atoms with Gasteiger partial charge in [0.25, 0.3) is 0 Å². The van der Waals surface area contributed by atoms with Crippen LogP contribution in [0, 0.1) is 0 Å². The molecule has 0 unspecified atom stereocenters. The summed E-state index contributed by atoms with van der Waals surface area (Å²) in [6.07, 6.45) is 5.35. The van der Waals surface area contributed by atoms with Crippen LogP contribution in [0.1, 0.15) is 5.56 Å². The summed E-state index contributed by atoms with van der Waals surface area (Å²) < 4.78 is 5.26. The lowest BCUT2D eigenvalue weighted by molar-refractivity contribution is -0.126. The van der Waals surface area contributed by atoms with Gasteiger partial charge in [-0.15, -0.1) is 0 Å². The van der Waals surface area contributed by atoms with E-state index in [0.29, 0.717) is 13.1 Å². The molecule has 0 aliphatic carbocycles. The predicted molar refractivity (Wildman–Crippen MR) is 113 cm³/mol. The van der Waals surface area contributed by atoms with Crippen LogP contribution in [0.5, 0.6) is 5.75 Å². The Labute approximate surface area is 164 Å². The highest BCUT2D eigenvalue weighted by molar-refractivity contribution is 5.93. The molecule has 0 radical (unpaired) electrons. The Morgan fingerprint density at radius 3 is 2.54 bits per heavy atom. The minimum absolute atomic E-state index is 0.0514. The lowest BCUT2D eigenvalue weighted by atomic mass is 10.1. The molecule has 142 valence electrons. The van der Waals surface area contributed by atoms with Gasteiger partial charge in [0.1, 0.15) is 11.6 Å². The van der Waals surface area contributed by atoms with Crippen LogP contribution >= 0.6 is 0 Å². The molecular weight excluding hydrogens is 350 g/mol. The first-order chi connectivity index (χ1) is 13.7. The van der Waals surface area contributed by atoms with Crippen molar-refractivity contribution in [1.82, 2.24) is 9.88 Å². The van der Waals surface area contributed by atoms with Crippen molar-refractivity contribution in [3.05, 3.63) is 72.4 Å². The number of anilines is 1. The third kappa shape index (κ3) is 3.98.